The van der Waals surface area contributed by atoms with E-state index in [4.69, 9.17) is 0 Å². The summed E-state index contributed by atoms with van der Waals surface area (Å²) in [6.07, 6.45) is 4.77. The van der Waals surface area contributed by atoms with Crippen LogP contribution in [0.25, 0.3) is 0 Å². The molecular weight excluding hydrogens is 430 g/mol. The minimum absolute atomic E-state index is 0.249. The molecule has 1 heterocycles. The highest BCUT2D eigenvalue weighted by molar-refractivity contribution is 5.91. The normalized spacial score (nSPS) is 43.5. The SMILES string of the molecule is C=C1[C@@H](C)[C@H]2[C@H](Cc3ccccc3)NC(=O)[C@]23[C@H](O)C=C[C@@](C)(O)C(=O)[C@@H](C)C/C=C\[C@H]3[C@@H]1O. The number of ketones is 1. The molecule has 6 nitrogen and oxygen atoms in total. The highest BCUT2D eigenvalue weighted by Crippen LogP contribution is 2.57. The molecule has 1 aliphatic heterocycles. The minimum atomic E-state index is -1.78. The molecule has 3 aliphatic rings. The van der Waals surface area contributed by atoms with Gasteiger partial charge in [-0.1, -0.05) is 69.0 Å². The predicted octanol–water partition coefficient (Wildman–Crippen LogP) is 2.35. The molecule has 0 radical (unpaired) electrons. The van der Waals surface area contributed by atoms with E-state index < -0.39 is 35.1 Å². The Morgan fingerprint density at radius 3 is 2.47 bits per heavy atom. The van der Waals surface area contributed by atoms with Gasteiger partial charge in [0.1, 0.15) is 5.60 Å². The Hall–Kier alpha value is -2.54. The van der Waals surface area contributed by atoms with Gasteiger partial charge in [-0.2, -0.15) is 0 Å². The van der Waals surface area contributed by atoms with Crippen molar-refractivity contribution in [1.29, 1.82) is 0 Å². The first-order valence-corrected chi connectivity index (χ1v) is 12.0. The van der Waals surface area contributed by atoms with Crippen molar-refractivity contribution in [2.24, 2.45) is 29.1 Å². The van der Waals surface area contributed by atoms with E-state index in [1.165, 1.54) is 19.1 Å². The van der Waals surface area contributed by atoms with E-state index in [-0.39, 0.29) is 29.6 Å². The summed E-state index contributed by atoms with van der Waals surface area (Å²) in [7, 11) is 0. The van der Waals surface area contributed by atoms with Crippen LogP contribution in [0.4, 0.5) is 0 Å². The number of nitrogens with one attached hydrogen (secondary N) is 1. The van der Waals surface area contributed by atoms with Crippen molar-refractivity contribution >= 4 is 11.7 Å². The Morgan fingerprint density at radius 2 is 1.79 bits per heavy atom. The zero-order valence-electron chi connectivity index (χ0n) is 20.0. The molecule has 4 N–H and O–H groups in total. The van der Waals surface area contributed by atoms with Crippen LogP contribution in [0.5, 0.6) is 0 Å². The number of hydrogen-bond donors (Lipinski definition) is 4. The smallest absolute Gasteiger partial charge is 0.230 e. The van der Waals surface area contributed by atoms with Crippen LogP contribution in [0.2, 0.25) is 0 Å². The van der Waals surface area contributed by atoms with Gasteiger partial charge in [0, 0.05) is 23.8 Å². The topological polar surface area (TPSA) is 107 Å². The van der Waals surface area contributed by atoms with Gasteiger partial charge in [0.2, 0.25) is 5.91 Å². The highest BCUT2D eigenvalue weighted by atomic mass is 16.3. The number of amides is 1. The van der Waals surface area contributed by atoms with Crippen molar-refractivity contribution in [3.8, 4) is 0 Å². The quantitative estimate of drug-likeness (QED) is 0.502. The molecule has 34 heavy (non-hydrogen) atoms. The molecule has 6 heteroatoms. The molecule has 1 saturated carbocycles. The maximum absolute atomic E-state index is 13.8. The molecular formula is C28H35NO5. The Labute approximate surface area is 201 Å². The average molecular weight is 466 g/mol. The summed E-state index contributed by atoms with van der Waals surface area (Å²) in [5, 5.41) is 36.8. The third-order valence-corrected chi connectivity index (χ3v) is 8.26. The number of carbonyl (C=O) groups excluding carboxylic acids is 2. The van der Waals surface area contributed by atoms with Crippen molar-refractivity contribution in [2.45, 2.75) is 57.5 Å². The second-order valence-corrected chi connectivity index (χ2v) is 10.4. The molecule has 1 saturated heterocycles. The first-order valence-electron chi connectivity index (χ1n) is 12.0. The van der Waals surface area contributed by atoms with Crippen LogP contribution in [0.3, 0.4) is 0 Å². The molecule has 4 rings (SSSR count). The lowest BCUT2D eigenvalue weighted by atomic mass is 9.51. The number of Topliss-reactive ketones (excluding diaryl/α,β-unsaturated/α-hetero) is 1. The van der Waals surface area contributed by atoms with Gasteiger partial charge in [-0.15, -0.1) is 0 Å². The molecule has 9 atom stereocenters. The van der Waals surface area contributed by atoms with Gasteiger partial charge in [0.25, 0.3) is 0 Å². The molecule has 2 aliphatic carbocycles. The van der Waals surface area contributed by atoms with Crippen LogP contribution in [0, 0.1) is 29.1 Å². The maximum Gasteiger partial charge on any atom is 0.230 e. The number of rotatable bonds is 2. The van der Waals surface area contributed by atoms with Crippen LogP contribution in [-0.4, -0.2) is 50.9 Å². The Morgan fingerprint density at radius 1 is 1.12 bits per heavy atom. The zero-order valence-corrected chi connectivity index (χ0v) is 20.0. The van der Waals surface area contributed by atoms with E-state index in [1.54, 1.807) is 19.1 Å². The Bertz CT molecular complexity index is 1030. The number of aliphatic hydroxyl groups excluding tert-OH is 2. The lowest BCUT2D eigenvalue weighted by molar-refractivity contribution is -0.147. The summed E-state index contributed by atoms with van der Waals surface area (Å²) in [5.74, 6) is -2.50. The average Bonchev–Trinajstić information content (AvgIpc) is 3.09. The second kappa shape index (κ2) is 8.91. The Kier molecular flexibility index (Phi) is 6.44. The summed E-state index contributed by atoms with van der Waals surface area (Å²) >= 11 is 0. The fraction of sp³-hybridized carbons (Fsp3) is 0.500. The van der Waals surface area contributed by atoms with Gasteiger partial charge in [-0.05, 0) is 42.9 Å². The summed E-state index contributed by atoms with van der Waals surface area (Å²) in [5.41, 5.74) is -1.46. The zero-order chi connectivity index (χ0) is 24.8. The van der Waals surface area contributed by atoms with Crippen LogP contribution < -0.4 is 5.32 Å². The highest BCUT2D eigenvalue weighted by Gasteiger charge is 2.67. The fourth-order valence-electron chi connectivity index (χ4n) is 6.39. The van der Waals surface area contributed by atoms with Crippen LogP contribution in [0.1, 0.15) is 32.8 Å². The number of carbonyl (C=O) groups is 2. The van der Waals surface area contributed by atoms with Crippen LogP contribution in [0.15, 0.2) is 66.8 Å². The molecule has 1 aromatic rings. The van der Waals surface area contributed by atoms with E-state index in [0.717, 1.165) is 5.56 Å². The van der Waals surface area contributed by atoms with Gasteiger partial charge in [-0.3, -0.25) is 9.59 Å². The lowest BCUT2D eigenvalue weighted by Gasteiger charge is -2.51. The summed E-state index contributed by atoms with van der Waals surface area (Å²) in [6.45, 7) is 9.24. The summed E-state index contributed by atoms with van der Waals surface area (Å²) < 4.78 is 0. The third-order valence-electron chi connectivity index (χ3n) is 8.26. The maximum atomic E-state index is 13.8. The van der Waals surface area contributed by atoms with Gasteiger partial charge >= 0.3 is 0 Å². The molecule has 2 fully saturated rings. The third kappa shape index (κ3) is 3.78. The van der Waals surface area contributed by atoms with Gasteiger partial charge < -0.3 is 20.6 Å². The first kappa shape index (κ1) is 24.6. The van der Waals surface area contributed by atoms with Crippen LogP contribution in [-0.2, 0) is 16.0 Å². The van der Waals surface area contributed by atoms with E-state index >= 15 is 0 Å². The van der Waals surface area contributed by atoms with Gasteiger partial charge in [0.15, 0.2) is 5.78 Å². The van der Waals surface area contributed by atoms with Gasteiger partial charge in [-0.25, -0.2) is 0 Å². The fourth-order valence-corrected chi connectivity index (χ4v) is 6.39. The lowest BCUT2D eigenvalue weighted by Crippen LogP contribution is -2.59. The monoisotopic (exact) mass is 465 g/mol. The van der Waals surface area contributed by atoms with E-state index in [2.05, 4.69) is 11.9 Å². The van der Waals surface area contributed by atoms with Gasteiger partial charge in [0.05, 0.1) is 17.6 Å². The second-order valence-electron chi connectivity index (χ2n) is 10.4. The number of aliphatic hydroxyl groups is 3. The number of allylic oxidation sites excluding steroid dienone is 1. The van der Waals surface area contributed by atoms with Crippen molar-refractivity contribution in [2.75, 3.05) is 0 Å². The first-order chi connectivity index (χ1) is 16.0. The van der Waals surface area contributed by atoms with Crippen molar-refractivity contribution in [3.05, 3.63) is 72.4 Å². The summed E-state index contributed by atoms with van der Waals surface area (Å²) in [4.78, 5) is 26.6. The van der Waals surface area contributed by atoms with Crippen molar-refractivity contribution in [3.63, 3.8) is 0 Å². The van der Waals surface area contributed by atoms with E-state index in [9.17, 15) is 24.9 Å². The summed E-state index contributed by atoms with van der Waals surface area (Å²) in [6, 6.07) is 9.57. The van der Waals surface area contributed by atoms with E-state index in [0.29, 0.717) is 18.4 Å². The minimum Gasteiger partial charge on any atom is -0.388 e. The number of benzene rings is 1. The van der Waals surface area contributed by atoms with Crippen LogP contribution >= 0.6 is 0 Å². The Balaban J connectivity index is 1.87. The molecule has 182 valence electrons. The van der Waals surface area contributed by atoms with E-state index in [1.807, 2.05) is 37.3 Å². The van der Waals surface area contributed by atoms with Crippen molar-refractivity contribution < 1.29 is 24.9 Å². The number of hydrogen-bond acceptors (Lipinski definition) is 5. The largest absolute Gasteiger partial charge is 0.388 e. The molecule has 0 unspecified atom stereocenters. The standard InChI is InChI=1S/C28H35NO5/c1-16-9-8-12-20-24(31)18(3)17(2)23-21(15-19-10-6-5-7-11-19)29-26(33)28(20,23)22(30)13-14-27(4,34)25(16)32/h5-8,10-14,16-17,20-24,30-31,34H,3,9,15H2,1-2,4H3,(H,29,33)/b12-8-,14-13?/t16-,17+,20-,21-,22+,23-,24+,27+,28+/m0/s1. The predicted molar refractivity (Wildman–Crippen MR) is 129 cm³/mol. The molecule has 0 bridgehead atoms. The van der Waals surface area contributed by atoms with Crippen molar-refractivity contribution in [1.82, 2.24) is 5.32 Å². The molecule has 1 aromatic carbocycles. The molecule has 1 spiro atoms. The molecule has 1 amide bonds. The molecule has 0 aromatic heterocycles.